The third-order valence-electron chi connectivity index (χ3n) is 5.20. The van der Waals surface area contributed by atoms with E-state index < -0.39 is 12.0 Å². The van der Waals surface area contributed by atoms with Crippen LogP contribution in [0.2, 0.25) is 0 Å². The van der Waals surface area contributed by atoms with Crippen LogP contribution in [0.25, 0.3) is 0 Å². The van der Waals surface area contributed by atoms with E-state index in [1.54, 1.807) is 24.3 Å². The minimum Gasteiger partial charge on any atom is -0.508 e. The van der Waals surface area contributed by atoms with Crippen LogP contribution in [0.4, 0.5) is 0 Å². The van der Waals surface area contributed by atoms with Gasteiger partial charge in [0.1, 0.15) is 11.8 Å². The maximum atomic E-state index is 13.3. The van der Waals surface area contributed by atoms with Gasteiger partial charge in [0, 0.05) is 18.9 Å². The lowest BCUT2D eigenvalue weighted by atomic mass is 9.81. The van der Waals surface area contributed by atoms with Gasteiger partial charge in [0.2, 0.25) is 5.91 Å². The van der Waals surface area contributed by atoms with Crippen molar-refractivity contribution in [3.8, 4) is 5.75 Å². The smallest absolute Gasteiger partial charge is 0.328 e. The van der Waals surface area contributed by atoms with E-state index >= 15 is 0 Å². The van der Waals surface area contributed by atoms with Gasteiger partial charge in [-0.05, 0) is 54.7 Å². The molecule has 6 heteroatoms. The van der Waals surface area contributed by atoms with E-state index in [0.29, 0.717) is 31.1 Å². The van der Waals surface area contributed by atoms with Crippen molar-refractivity contribution < 1.29 is 24.5 Å². The molecular formula is C25H39NO5. The number of nitrogens with one attached hydrogen (secondary N) is 1. The molecule has 1 aromatic rings. The maximum absolute atomic E-state index is 13.3. The number of phenols is 1. The molecule has 1 amide bonds. The zero-order valence-electron chi connectivity index (χ0n) is 19.5. The lowest BCUT2D eigenvalue weighted by molar-refractivity contribution is -0.145. The van der Waals surface area contributed by atoms with E-state index in [2.05, 4.69) is 45.2 Å². The number of methoxy groups -OCH3 is 1. The average Bonchev–Trinajstić information content (AvgIpc) is 2.72. The molecule has 3 atom stereocenters. The van der Waals surface area contributed by atoms with Gasteiger partial charge in [0.05, 0.1) is 7.11 Å². The van der Waals surface area contributed by atoms with Crippen LogP contribution in [-0.4, -0.2) is 41.8 Å². The molecular weight excluding hydrogens is 394 g/mol. The predicted octanol–water partition coefficient (Wildman–Crippen LogP) is 3.86. The first-order chi connectivity index (χ1) is 14.7. The molecule has 0 heterocycles. The summed E-state index contributed by atoms with van der Waals surface area (Å²) in [5, 5.41) is 21.7. The highest BCUT2D eigenvalue weighted by Gasteiger charge is 2.31. The van der Waals surface area contributed by atoms with Gasteiger partial charge in [-0.1, -0.05) is 52.0 Å². The Morgan fingerprint density at radius 2 is 1.74 bits per heavy atom. The van der Waals surface area contributed by atoms with Crippen LogP contribution < -0.4 is 5.32 Å². The van der Waals surface area contributed by atoms with Gasteiger partial charge < -0.3 is 20.3 Å². The second-order valence-corrected chi connectivity index (χ2v) is 8.85. The van der Waals surface area contributed by atoms with Crippen LogP contribution in [0.1, 0.15) is 52.5 Å². The summed E-state index contributed by atoms with van der Waals surface area (Å²) in [6, 6.07) is 5.73. The van der Waals surface area contributed by atoms with E-state index in [4.69, 9.17) is 4.74 Å². The van der Waals surface area contributed by atoms with Gasteiger partial charge in [0.15, 0.2) is 0 Å². The fraction of sp³-hybridized carbons (Fsp3) is 0.600. The fourth-order valence-corrected chi connectivity index (χ4v) is 3.59. The number of carbonyl (C=O) groups excluding carboxylic acids is 2. The molecule has 31 heavy (non-hydrogen) atoms. The molecule has 0 aromatic heterocycles. The molecule has 0 aliphatic heterocycles. The molecule has 174 valence electrons. The summed E-state index contributed by atoms with van der Waals surface area (Å²) < 4.78 is 4.92. The SMILES string of the molecule is COC(=O)C(Cc1ccc(O)cc1)NC(=O)C(CC(C)C)C(/C=C/C(C)C)CCCO. The Kier molecular flexibility index (Phi) is 11.9. The van der Waals surface area contributed by atoms with Crippen LogP contribution >= 0.6 is 0 Å². The Balaban J connectivity index is 3.09. The van der Waals surface area contributed by atoms with E-state index in [9.17, 15) is 19.8 Å². The average molecular weight is 434 g/mol. The Hall–Kier alpha value is -2.34. The van der Waals surface area contributed by atoms with Gasteiger partial charge in [-0.15, -0.1) is 0 Å². The normalized spacial score (nSPS) is 14.6. The molecule has 0 spiro atoms. The van der Waals surface area contributed by atoms with Crippen LogP contribution in [0.5, 0.6) is 5.75 Å². The van der Waals surface area contributed by atoms with Gasteiger partial charge in [-0.25, -0.2) is 4.79 Å². The number of allylic oxidation sites excluding steroid dienone is 2. The molecule has 3 unspecified atom stereocenters. The van der Waals surface area contributed by atoms with Crippen LogP contribution in [0, 0.1) is 23.7 Å². The quantitative estimate of drug-likeness (QED) is 0.324. The number of aliphatic hydroxyl groups is 1. The fourth-order valence-electron chi connectivity index (χ4n) is 3.59. The first-order valence-corrected chi connectivity index (χ1v) is 11.1. The third kappa shape index (κ3) is 10.0. The molecule has 1 aromatic carbocycles. The molecule has 0 aliphatic rings. The molecule has 0 aliphatic carbocycles. The van der Waals surface area contributed by atoms with Crippen molar-refractivity contribution in [3.63, 3.8) is 0 Å². The predicted molar refractivity (Wildman–Crippen MR) is 122 cm³/mol. The van der Waals surface area contributed by atoms with Gasteiger partial charge in [0.25, 0.3) is 0 Å². The highest BCUT2D eigenvalue weighted by Crippen LogP contribution is 2.27. The highest BCUT2D eigenvalue weighted by atomic mass is 16.5. The summed E-state index contributed by atoms with van der Waals surface area (Å²) in [7, 11) is 1.30. The summed E-state index contributed by atoms with van der Waals surface area (Å²) in [6.07, 6.45) is 6.44. The largest absolute Gasteiger partial charge is 0.508 e. The number of rotatable bonds is 13. The number of benzene rings is 1. The molecule has 1 rings (SSSR count). The molecule has 0 saturated carbocycles. The molecule has 3 N–H and O–H groups in total. The molecule has 0 bridgehead atoms. The highest BCUT2D eigenvalue weighted by molar-refractivity contribution is 5.86. The number of aliphatic hydroxyl groups excluding tert-OH is 1. The molecule has 0 fully saturated rings. The lowest BCUT2D eigenvalue weighted by Gasteiger charge is -2.28. The first kappa shape index (κ1) is 26.7. The Bertz CT molecular complexity index is 696. The number of hydrogen-bond donors (Lipinski definition) is 3. The number of esters is 1. The van der Waals surface area contributed by atoms with E-state index in [-0.39, 0.29) is 36.5 Å². The molecule has 0 saturated heterocycles. The third-order valence-corrected chi connectivity index (χ3v) is 5.20. The summed E-state index contributed by atoms with van der Waals surface area (Å²) in [5.74, 6) is -0.223. The zero-order valence-corrected chi connectivity index (χ0v) is 19.5. The van der Waals surface area contributed by atoms with Crippen molar-refractivity contribution in [1.82, 2.24) is 5.32 Å². The van der Waals surface area contributed by atoms with Gasteiger partial charge in [-0.3, -0.25) is 4.79 Å². The monoisotopic (exact) mass is 433 g/mol. The Labute approximate surface area is 186 Å². The van der Waals surface area contributed by atoms with Gasteiger partial charge in [-0.2, -0.15) is 0 Å². The number of ether oxygens (including phenoxy) is 1. The van der Waals surface area contributed by atoms with Crippen molar-refractivity contribution in [1.29, 1.82) is 0 Å². The van der Waals surface area contributed by atoms with Crippen LogP contribution in [-0.2, 0) is 20.7 Å². The zero-order chi connectivity index (χ0) is 23.4. The van der Waals surface area contributed by atoms with E-state index in [0.717, 1.165) is 5.56 Å². The first-order valence-electron chi connectivity index (χ1n) is 11.1. The van der Waals surface area contributed by atoms with Crippen molar-refractivity contribution in [2.45, 2.75) is 59.4 Å². The topological polar surface area (TPSA) is 95.9 Å². The Morgan fingerprint density at radius 1 is 1.10 bits per heavy atom. The minimum atomic E-state index is -0.815. The lowest BCUT2D eigenvalue weighted by Crippen LogP contribution is -2.47. The molecule has 0 radical (unpaired) electrons. The second kappa shape index (κ2) is 13.9. The number of aromatic hydroxyl groups is 1. The molecule has 6 nitrogen and oxygen atoms in total. The van der Waals surface area contributed by atoms with E-state index in [1.807, 2.05) is 0 Å². The number of carbonyl (C=O) groups is 2. The minimum absolute atomic E-state index is 0.0241. The standard InChI is InChI=1S/C25H39NO5/c1-17(2)8-11-20(7-6-14-27)22(15-18(3)4)24(29)26-23(25(30)31-5)16-19-9-12-21(28)13-10-19/h8-13,17-18,20,22-23,27-28H,6-7,14-16H2,1-5H3,(H,26,29)/b11-8+. The number of hydrogen-bond acceptors (Lipinski definition) is 5. The summed E-state index contributed by atoms with van der Waals surface area (Å²) in [4.78, 5) is 25.7. The van der Waals surface area contributed by atoms with E-state index in [1.165, 1.54) is 7.11 Å². The Morgan fingerprint density at radius 3 is 2.26 bits per heavy atom. The van der Waals surface area contributed by atoms with Crippen LogP contribution in [0.15, 0.2) is 36.4 Å². The summed E-state index contributed by atoms with van der Waals surface area (Å²) in [6.45, 7) is 8.39. The maximum Gasteiger partial charge on any atom is 0.328 e. The van der Waals surface area contributed by atoms with Crippen molar-refractivity contribution >= 4 is 11.9 Å². The van der Waals surface area contributed by atoms with Crippen LogP contribution in [0.3, 0.4) is 0 Å². The van der Waals surface area contributed by atoms with Gasteiger partial charge >= 0.3 is 5.97 Å². The van der Waals surface area contributed by atoms with Crippen molar-refractivity contribution in [3.05, 3.63) is 42.0 Å². The second-order valence-electron chi connectivity index (χ2n) is 8.85. The van der Waals surface area contributed by atoms with Crippen molar-refractivity contribution in [2.75, 3.05) is 13.7 Å². The summed E-state index contributed by atoms with van der Waals surface area (Å²) >= 11 is 0. The number of phenolic OH excluding ortho intramolecular Hbond substituents is 1. The number of amides is 1. The summed E-state index contributed by atoms with van der Waals surface area (Å²) in [5.41, 5.74) is 0.811. The van der Waals surface area contributed by atoms with Crippen molar-refractivity contribution in [2.24, 2.45) is 23.7 Å².